The molecular formula is C20H25N5O5. The molecule has 0 aliphatic rings. The molecule has 3 rings (SSSR count). The van der Waals surface area contributed by atoms with E-state index >= 15 is 0 Å². The number of rotatable bonds is 7. The number of carbonyl (C=O) groups excluding carboxylic acids is 2. The highest BCUT2D eigenvalue weighted by molar-refractivity contribution is 6.01. The molecule has 0 saturated heterocycles. The number of carbonyl (C=O) groups is 2. The molecule has 0 unspecified atom stereocenters. The van der Waals surface area contributed by atoms with Crippen LogP contribution in [-0.4, -0.2) is 35.8 Å². The van der Waals surface area contributed by atoms with Crippen LogP contribution >= 0.6 is 0 Å². The number of nitrogens with one attached hydrogen (secondary N) is 2. The fourth-order valence-electron chi connectivity index (χ4n) is 3.63. The van der Waals surface area contributed by atoms with Crippen LogP contribution in [0.15, 0.2) is 9.59 Å². The fourth-order valence-corrected chi connectivity index (χ4v) is 3.63. The monoisotopic (exact) mass is 415 g/mol. The second kappa shape index (κ2) is 8.13. The van der Waals surface area contributed by atoms with Crippen molar-refractivity contribution in [3.63, 3.8) is 0 Å². The lowest BCUT2D eigenvalue weighted by atomic mass is 10.1. The molecule has 0 spiro atoms. The lowest BCUT2D eigenvalue weighted by Crippen LogP contribution is -2.31. The summed E-state index contributed by atoms with van der Waals surface area (Å²) in [5.74, 6) is -0.445. The van der Waals surface area contributed by atoms with E-state index in [2.05, 4.69) is 15.0 Å². The number of imidazole rings is 1. The summed E-state index contributed by atoms with van der Waals surface area (Å²) in [5.41, 5.74) is 1.24. The maximum atomic E-state index is 12.6. The molecule has 3 aromatic rings. The van der Waals surface area contributed by atoms with E-state index in [-0.39, 0.29) is 29.2 Å². The van der Waals surface area contributed by atoms with Crippen LogP contribution in [0.2, 0.25) is 0 Å². The highest BCUT2D eigenvalue weighted by Crippen LogP contribution is 2.20. The number of H-pyrrole nitrogens is 2. The lowest BCUT2D eigenvalue weighted by Gasteiger charge is -2.05. The van der Waals surface area contributed by atoms with Crippen LogP contribution in [0.3, 0.4) is 0 Å². The van der Waals surface area contributed by atoms with E-state index in [9.17, 15) is 19.2 Å². The van der Waals surface area contributed by atoms with E-state index in [1.807, 2.05) is 6.92 Å². The van der Waals surface area contributed by atoms with Gasteiger partial charge in [0.2, 0.25) is 0 Å². The molecular weight excluding hydrogens is 390 g/mol. The van der Waals surface area contributed by atoms with Gasteiger partial charge in [-0.2, -0.15) is 0 Å². The van der Waals surface area contributed by atoms with Gasteiger partial charge in [-0.3, -0.25) is 19.1 Å². The predicted octanol–water partition coefficient (Wildman–Crippen LogP) is 1.73. The van der Waals surface area contributed by atoms with Gasteiger partial charge in [-0.1, -0.05) is 13.3 Å². The van der Waals surface area contributed by atoms with Crippen molar-refractivity contribution in [2.45, 2.75) is 53.7 Å². The maximum Gasteiger partial charge on any atom is 0.355 e. The van der Waals surface area contributed by atoms with Crippen LogP contribution in [0, 0.1) is 13.8 Å². The Kier molecular flexibility index (Phi) is 5.77. The summed E-state index contributed by atoms with van der Waals surface area (Å²) in [7, 11) is 1.63. The highest BCUT2D eigenvalue weighted by atomic mass is 16.5. The van der Waals surface area contributed by atoms with Gasteiger partial charge in [0.05, 0.1) is 0 Å². The summed E-state index contributed by atoms with van der Waals surface area (Å²) in [6.45, 7) is 7.06. The summed E-state index contributed by atoms with van der Waals surface area (Å²) < 4.78 is 8.31. The number of unbranched alkanes of at least 4 members (excludes halogenated alkanes) is 1. The topological polar surface area (TPSA) is 132 Å². The Morgan fingerprint density at radius 2 is 1.87 bits per heavy atom. The van der Waals surface area contributed by atoms with E-state index in [1.54, 1.807) is 20.9 Å². The van der Waals surface area contributed by atoms with Crippen molar-refractivity contribution in [1.29, 1.82) is 0 Å². The molecule has 3 heterocycles. The molecule has 10 nitrogen and oxygen atoms in total. The molecule has 30 heavy (non-hydrogen) atoms. The number of aromatic nitrogens is 5. The van der Waals surface area contributed by atoms with Crippen LogP contribution in [0.4, 0.5) is 0 Å². The molecule has 0 radical (unpaired) electrons. The third-order valence-corrected chi connectivity index (χ3v) is 5.17. The maximum absolute atomic E-state index is 12.6. The van der Waals surface area contributed by atoms with Gasteiger partial charge in [-0.25, -0.2) is 14.6 Å². The molecule has 0 bridgehead atoms. The molecule has 160 valence electrons. The van der Waals surface area contributed by atoms with Gasteiger partial charge >= 0.3 is 11.7 Å². The van der Waals surface area contributed by atoms with Crippen LogP contribution in [0.25, 0.3) is 11.2 Å². The number of esters is 1. The van der Waals surface area contributed by atoms with Crippen LogP contribution in [0.5, 0.6) is 0 Å². The Hall–Kier alpha value is -3.43. The van der Waals surface area contributed by atoms with Gasteiger partial charge in [0.25, 0.3) is 5.56 Å². The number of hydrogen-bond donors (Lipinski definition) is 2. The minimum atomic E-state index is -0.632. The Bertz CT molecular complexity index is 1260. The zero-order valence-electron chi connectivity index (χ0n) is 17.7. The first kappa shape index (κ1) is 21.3. The van der Waals surface area contributed by atoms with Gasteiger partial charge < -0.3 is 14.3 Å². The quantitative estimate of drug-likeness (QED) is 0.446. The Balaban J connectivity index is 1.93. The largest absolute Gasteiger partial charge is 0.453 e. The van der Waals surface area contributed by atoms with Crippen LogP contribution in [-0.2, 0) is 24.9 Å². The molecule has 0 atom stereocenters. The normalized spacial score (nSPS) is 11.2. The lowest BCUT2D eigenvalue weighted by molar-refractivity contribution is 0.0452. The van der Waals surface area contributed by atoms with Gasteiger partial charge in [0.15, 0.2) is 16.9 Å². The number of ether oxygens (including phenoxy) is 1. The second-order valence-electron chi connectivity index (χ2n) is 7.28. The Labute approximate surface area is 171 Å². The summed E-state index contributed by atoms with van der Waals surface area (Å²) in [5, 5.41) is 0. The first-order chi connectivity index (χ1) is 14.2. The summed E-state index contributed by atoms with van der Waals surface area (Å²) >= 11 is 0. The molecule has 3 aromatic heterocycles. The van der Waals surface area contributed by atoms with Crippen molar-refractivity contribution in [3.8, 4) is 0 Å². The van der Waals surface area contributed by atoms with Crippen molar-refractivity contribution in [2.24, 2.45) is 7.05 Å². The first-order valence-corrected chi connectivity index (χ1v) is 9.73. The third kappa shape index (κ3) is 3.60. The third-order valence-electron chi connectivity index (χ3n) is 5.17. The predicted molar refractivity (Wildman–Crippen MR) is 110 cm³/mol. The van der Waals surface area contributed by atoms with E-state index in [0.29, 0.717) is 29.2 Å². The van der Waals surface area contributed by atoms with E-state index in [1.165, 1.54) is 16.1 Å². The molecule has 0 amide bonds. The van der Waals surface area contributed by atoms with E-state index in [4.69, 9.17) is 4.74 Å². The number of Topliss-reactive ketones (excluding diaryl/α,β-unsaturated/α-hetero) is 1. The van der Waals surface area contributed by atoms with Crippen LogP contribution in [0.1, 0.15) is 64.6 Å². The van der Waals surface area contributed by atoms with Crippen molar-refractivity contribution in [3.05, 3.63) is 49.2 Å². The van der Waals surface area contributed by atoms with Gasteiger partial charge in [-0.05, 0) is 32.8 Å². The Morgan fingerprint density at radius 3 is 2.47 bits per heavy atom. The minimum absolute atomic E-state index is 0.139. The standard InChI is InChI=1S/C20H25N5O5/c1-6-7-8-25-17-16(18(27)23-20(25)29)24(5)13(22-17)9-30-19(28)15-10(2)14(12(4)26)11(3)21-15/h21H,6-9H2,1-5H3,(H,23,27,29). The molecule has 0 aliphatic heterocycles. The number of fused-ring (bicyclic) bond motifs is 1. The van der Waals surface area contributed by atoms with Crippen molar-refractivity contribution >= 4 is 22.9 Å². The minimum Gasteiger partial charge on any atom is -0.453 e. The van der Waals surface area contributed by atoms with Gasteiger partial charge in [0.1, 0.15) is 18.1 Å². The zero-order valence-corrected chi connectivity index (χ0v) is 17.7. The number of aryl methyl sites for hydroxylation is 3. The first-order valence-electron chi connectivity index (χ1n) is 9.73. The fraction of sp³-hybridized carbons (Fsp3) is 0.450. The molecule has 0 aliphatic carbocycles. The SMILES string of the molecule is CCCCn1c(=O)[nH]c(=O)c2c1nc(COC(=O)c1[nH]c(C)c(C(C)=O)c1C)n2C. The molecule has 0 aromatic carbocycles. The smallest absolute Gasteiger partial charge is 0.355 e. The van der Waals surface area contributed by atoms with Crippen LogP contribution < -0.4 is 11.2 Å². The number of ketones is 1. The Morgan fingerprint density at radius 1 is 1.17 bits per heavy atom. The molecule has 10 heteroatoms. The molecule has 0 fully saturated rings. The number of nitrogens with zero attached hydrogens (tertiary/aromatic N) is 3. The molecule has 2 N–H and O–H groups in total. The molecule has 0 saturated carbocycles. The highest BCUT2D eigenvalue weighted by Gasteiger charge is 2.22. The number of aromatic amines is 2. The van der Waals surface area contributed by atoms with Gasteiger partial charge in [-0.15, -0.1) is 0 Å². The average Bonchev–Trinajstić information content (AvgIpc) is 3.16. The van der Waals surface area contributed by atoms with Crippen molar-refractivity contribution in [2.75, 3.05) is 0 Å². The van der Waals surface area contributed by atoms with Crippen molar-refractivity contribution in [1.82, 2.24) is 24.1 Å². The van der Waals surface area contributed by atoms with Crippen molar-refractivity contribution < 1.29 is 14.3 Å². The van der Waals surface area contributed by atoms with Gasteiger partial charge in [0, 0.05) is 24.8 Å². The number of hydrogen-bond acceptors (Lipinski definition) is 6. The zero-order chi connectivity index (χ0) is 22.2. The summed E-state index contributed by atoms with van der Waals surface area (Å²) in [6, 6.07) is 0. The average molecular weight is 415 g/mol. The van der Waals surface area contributed by atoms with E-state index < -0.39 is 17.2 Å². The van der Waals surface area contributed by atoms with E-state index in [0.717, 1.165) is 12.8 Å². The second-order valence-corrected chi connectivity index (χ2v) is 7.28. The summed E-state index contributed by atoms with van der Waals surface area (Å²) in [6.07, 6.45) is 1.63. The summed E-state index contributed by atoms with van der Waals surface area (Å²) in [4.78, 5) is 58.4.